The van der Waals surface area contributed by atoms with Crippen LogP contribution in [0.4, 0.5) is 5.95 Å². The molecule has 1 saturated heterocycles. The van der Waals surface area contributed by atoms with Crippen LogP contribution in [0.3, 0.4) is 0 Å². The Hall–Kier alpha value is -1.65. The van der Waals surface area contributed by atoms with Crippen LogP contribution in [0.15, 0.2) is 18.5 Å². The average Bonchev–Trinajstić information content (AvgIpc) is 2.48. The molecule has 1 fully saturated rings. The number of amides is 1. The van der Waals surface area contributed by atoms with E-state index in [2.05, 4.69) is 41.0 Å². The molecule has 0 aromatic carbocycles. The number of aromatic nitrogens is 2. The quantitative estimate of drug-likeness (QED) is 0.914. The zero-order valence-electron chi connectivity index (χ0n) is 12.6. The van der Waals surface area contributed by atoms with Crippen molar-refractivity contribution in [3.63, 3.8) is 0 Å². The van der Waals surface area contributed by atoms with Crippen molar-refractivity contribution in [2.75, 3.05) is 18.0 Å². The zero-order valence-corrected chi connectivity index (χ0v) is 12.6. The molecule has 20 heavy (non-hydrogen) atoms. The molecule has 5 heteroatoms. The molecule has 110 valence electrons. The van der Waals surface area contributed by atoms with Gasteiger partial charge in [-0.3, -0.25) is 4.79 Å². The minimum Gasteiger partial charge on any atom is -0.351 e. The fraction of sp³-hybridized carbons (Fsp3) is 0.667. The molecule has 1 aliphatic heterocycles. The van der Waals surface area contributed by atoms with E-state index in [1.165, 1.54) is 0 Å². The first-order valence-electron chi connectivity index (χ1n) is 7.36. The second-order valence-electron chi connectivity index (χ2n) is 6.06. The van der Waals surface area contributed by atoms with Gasteiger partial charge in [0.1, 0.15) is 0 Å². The minimum absolute atomic E-state index is 0.0263. The predicted molar refractivity (Wildman–Crippen MR) is 79.5 cm³/mol. The van der Waals surface area contributed by atoms with Gasteiger partial charge >= 0.3 is 0 Å². The van der Waals surface area contributed by atoms with E-state index in [4.69, 9.17) is 0 Å². The highest BCUT2D eigenvalue weighted by Gasteiger charge is 2.29. The molecule has 0 aliphatic carbocycles. The third-order valence-corrected chi connectivity index (χ3v) is 3.97. The Morgan fingerprint density at radius 3 is 2.80 bits per heavy atom. The fourth-order valence-electron chi connectivity index (χ4n) is 2.35. The first-order valence-corrected chi connectivity index (χ1v) is 7.36. The maximum atomic E-state index is 12.4. The molecule has 1 amide bonds. The number of piperidine rings is 1. The highest BCUT2D eigenvalue weighted by atomic mass is 16.2. The van der Waals surface area contributed by atoms with Gasteiger partial charge in [0.05, 0.1) is 5.92 Å². The van der Waals surface area contributed by atoms with E-state index in [1.807, 2.05) is 0 Å². The van der Waals surface area contributed by atoms with E-state index in [1.54, 1.807) is 18.5 Å². The van der Waals surface area contributed by atoms with Gasteiger partial charge in [0.15, 0.2) is 0 Å². The second kappa shape index (κ2) is 6.20. The number of nitrogens with zero attached hydrogens (tertiary/aromatic N) is 3. The van der Waals surface area contributed by atoms with E-state index in [-0.39, 0.29) is 17.4 Å². The summed E-state index contributed by atoms with van der Waals surface area (Å²) in [5.74, 6) is 0.899. The molecule has 0 saturated carbocycles. The van der Waals surface area contributed by atoms with E-state index in [0.717, 1.165) is 31.8 Å². The van der Waals surface area contributed by atoms with Crippen LogP contribution in [0, 0.1) is 5.92 Å². The summed E-state index contributed by atoms with van der Waals surface area (Å²) < 4.78 is 0. The molecular formula is C15H24N4O. The van der Waals surface area contributed by atoms with E-state index < -0.39 is 0 Å². The maximum Gasteiger partial charge on any atom is 0.225 e. The number of carbonyl (C=O) groups excluding carboxylic acids is 1. The summed E-state index contributed by atoms with van der Waals surface area (Å²) >= 11 is 0. The molecule has 2 heterocycles. The molecule has 0 bridgehead atoms. The van der Waals surface area contributed by atoms with Crippen molar-refractivity contribution < 1.29 is 4.79 Å². The van der Waals surface area contributed by atoms with Crippen LogP contribution in [0.1, 0.15) is 40.0 Å². The first kappa shape index (κ1) is 14.8. The van der Waals surface area contributed by atoms with Gasteiger partial charge in [-0.05, 0) is 39.2 Å². The Morgan fingerprint density at radius 2 is 2.15 bits per heavy atom. The number of rotatable bonds is 4. The summed E-state index contributed by atoms with van der Waals surface area (Å²) in [4.78, 5) is 23.0. The smallest absolute Gasteiger partial charge is 0.225 e. The first-order chi connectivity index (χ1) is 9.52. The van der Waals surface area contributed by atoms with Crippen LogP contribution in [0.2, 0.25) is 0 Å². The van der Waals surface area contributed by atoms with Crippen molar-refractivity contribution in [1.29, 1.82) is 0 Å². The lowest BCUT2D eigenvalue weighted by Gasteiger charge is -2.34. The molecule has 1 aromatic heterocycles. The van der Waals surface area contributed by atoms with Gasteiger partial charge in [-0.15, -0.1) is 0 Å². The fourth-order valence-corrected chi connectivity index (χ4v) is 2.35. The summed E-state index contributed by atoms with van der Waals surface area (Å²) in [6.45, 7) is 7.84. The van der Waals surface area contributed by atoms with Crippen LogP contribution in [-0.2, 0) is 4.79 Å². The Balaban J connectivity index is 1.98. The number of anilines is 1. The molecular weight excluding hydrogens is 252 g/mol. The largest absolute Gasteiger partial charge is 0.351 e. The highest BCUT2D eigenvalue weighted by Crippen LogP contribution is 2.21. The lowest BCUT2D eigenvalue weighted by Crippen LogP contribution is -2.50. The second-order valence-corrected chi connectivity index (χ2v) is 6.06. The third kappa shape index (κ3) is 3.68. The summed E-state index contributed by atoms with van der Waals surface area (Å²) in [6, 6.07) is 1.81. The zero-order chi connectivity index (χ0) is 14.6. The van der Waals surface area contributed by atoms with E-state index in [9.17, 15) is 4.79 Å². The van der Waals surface area contributed by atoms with Crippen LogP contribution in [-0.4, -0.2) is 34.5 Å². The molecule has 2 rings (SSSR count). The minimum atomic E-state index is -0.136. The van der Waals surface area contributed by atoms with Gasteiger partial charge < -0.3 is 10.2 Å². The summed E-state index contributed by atoms with van der Waals surface area (Å²) in [5, 5.41) is 3.14. The van der Waals surface area contributed by atoms with Crippen molar-refractivity contribution in [3.8, 4) is 0 Å². The molecule has 1 N–H and O–H groups in total. The number of nitrogens with one attached hydrogen (secondary N) is 1. The lowest BCUT2D eigenvalue weighted by molar-refractivity contribution is -0.126. The van der Waals surface area contributed by atoms with Crippen molar-refractivity contribution in [3.05, 3.63) is 18.5 Å². The average molecular weight is 276 g/mol. The lowest BCUT2D eigenvalue weighted by atomic mass is 9.94. The van der Waals surface area contributed by atoms with Crippen molar-refractivity contribution in [2.45, 2.75) is 45.6 Å². The van der Waals surface area contributed by atoms with Gasteiger partial charge in [-0.25, -0.2) is 9.97 Å². The summed E-state index contributed by atoms with van der Waals surface area (Å²) in [7, 11) is 0. The Labute approximate surface area is 120 Å². The topological polar surface area (TPSA) is 58.1 Å². The molecule has 1 aromatic rings. The third-order valence-electron chi connectivity index (χ3n) is 3.97. The van der Waals surface area contributed by atoms with Crippen LogP contribution >= 0.6 is 0 Å². The highest BCUT2D eigenvalue weighted by molar-refractivity contribution is 5.80. The molecule has 0 unspecified atom stereocenters. The van der Waals surface area contributed by atoms with Gasteiger partial charge in [-0.1, -0.05) is 6.92 Å². The standard InChI is InChI=1S/C15H24N4O/c1-4-15(2,3)18-13(20)12-7-5-10-19(11-12)14-16-8-6-9-17-14/h6,8-9,12H,4-5,7,10-11H2,1-3H3,(H,18,20)/t12-/m0/s1. The summed E-state index contributed by atoms with van der Waals surface area (Å²) in [5.41, 5.74) is -0.136. The molecule has 1 atom stereocenters. The summed E-state index contributed by atoms with van der Waals surface area (Å²) in [6.07, 6.45) is 6.35. The van der Waals surface area contributed by atoms with Crippen LogP contribution < -0.4 is 10.2 Å². The molecule has 0 radical (unpaired) electrons. The SMILES string of the molecule is CCC(C)(C)NC(=O)[C@H]1CCCN(c2ncccn2)C1. The number of carbonyl (C=O) groups is 1. The Kier molecular flexibility index (Phi) is 4.57. The van der Waals surface area contributed by atoms with Crippen LogP contribution in [0.5, 0.6) is 0 Å². The van der Waals surface area contributed by atoms with Crippen molar-refractivity contribution in [1.82, 2.24) is 15.3 Å². The Bertz CT molecular complexity index is 446. The molecule has 5 nitrogen and oxygen atoms in total. The number of hydrogen-bond acceptors (Lipinski definition) is 4. The van der Waals surface area contributed by atoms with Gasteiger partial charge in [0.25, 0.3) is 0 Å². The molecule has 1 aliphatic rings. The predicted octanol–water partition coefficient (Wildman–Crippen LogP) is 2.00. The van der Waals surface area contributed by atoms with Crippen LogP contribution in [0.25, 0.3) is 0 Å². The van der Waals surface area contributed by atoms with Gasteiger partial charge in [-0.2, -0.15) is 0 Å². The maximum absolute atomic E-state index is 12.4. The number of hydrogen-bond donors (Lipinski definition) is 1. The normalized spacial score (nSPS) is 19.8. The Morgan fingerprint density at radius 1 is 1.45 bits per heavy atom. The van der Waals surface area contributed by atoms with E-state index >= 15 is 0 Å². The van der Waals surface area contributed by atoms with Crippen molar-refractivity contribution in [2.24, 2.45) is 5.92 Å². The molecule has 0 spiro atoms. The van der Waals surface area contributed by atoms with Gasteiger partial charge in [0, 0.05) is 31.0 Å². The van der Waals surface area contributed by atoms with Gasteiger partial charge in [0.2, 0.25) is 11.9 Å². The van der Waals surface area contributed by atoms with Crippen molar-refractivity contribution >= 4 is 11.9 Å². The monoisotopic (exact) mass is 276 g/mol. The van der Waals surface area contributed by atoms with E-state index in [0.29, 0.717) is 6.54 Å².